The lowest BCUT2D eigenvalue weighted by atomic mass is 9.79. The Kier molecular flexibility index (Phi) is 18.7. The van der Waals surface area contributed by atoms with E-state index >= 15 is 0 Å². The minimum absolute atomic E-state index is 0.00381. The first-order valence-electron chi connectivity index (χ1n) is 19.5. The first-order chi connectivity index (χ1) is 25.5. The second kappa shape index (κ2) is 21.6. The van der Waals surface area contributed by atoms with Crippen molar-refractivity contribution in [3.8, 4) is 0 Å². The van der Waals surface area contributed by atoms with Gasteiger partial charge in [-0.05, 0) is 66.1 Å². The molecule has 14 heteroatoms. The Morgan fingerprint density at radius 3 is 2.11 bits per heavy atom. The lowest BCUT2D eigenvalue weighted by molar-refractivity contribution is -0.304. The number of nitrogens with zero attached hydrogens (tertiary/aromatic N) is 1. The Hall–Kier alpha value is -1.82. The molecule has 3 aliphatic rings. The normalized spacial score (nSPS) is 43.7. The summed E-state index contributed by atoms with van der Waals surface area (Å²) in [5.41, 5.74) is 0.737. The van der Waals surface area contributed by atoms with E-state index in [9.17, 15) is 30.0 Å². The summed E-state index contributed by atoms with van der Waals surface area (Å²) in [6.07, 6.45) is -3.14. The van der Waals surface area contributed by atoms with Gasteiger partial charge in [0.15, 0.2) is 18.4 Å². The molecule has 0 bridgehead atoms. The number of methoxy groups -OCH3 is 2. The molecule has 3 rings (SSSR count). The molecular formula is C40H69NO13. The lowest BCUT2D eigenvalue weighted by Gasteiger charge is -2.47. The zero-order valence-corrected chi connectivity index (χ0v) is 34.2. The van der Waals surface area contributed by atoms with Crippen molar-refractivity contribution in [3.63, 3.8) is 0 Å². The first-order valence-corrected chi connectivity index (χ1v) is 19.5. The minimum Gasteiger partial charge on any atom is -0.462 e. The van der Waals surface area contributed by atoms with E-state index in [2.05, 4.69) is 0 Å². The van der Waals surface area contributed by atoms with Crippen LogP contribution >= 0.6 is 0 Å². The molecule has 2 saturated heterocycles. The van der Waals surface area contributed by atoms with E-state index in [4.69, 9.17) is 33.2 Å². The maximum absolute atomic E-state index is 13.6. The highest BCUT2D eigenvalue weighted by Crippen LogP contribution is 2.36. The molecular weight excluding hydrogens is 702 g/mol. The monoisotopic (exact) mass is 771 g/mol. The molecule has 312 valence electrons. The number of aliphatic hydroxyl groups excluding tert-OH is 4. The van der Waals surface area contributed by atoms with Crippen LogP contribution in [0.2, 0.25) is 0 Å². The molecule has 54 heavy (non-hydrogen) atoms. The largest absolute Gasteiger partial charge is 0.462 e. The summed E-state index contributed by atoms with van der Waals surface area (Å²) in [6, 6.07) is -0.275. The van der Waals surface area contributed by atoms with Gasteiger partial charge in [-0.1, -0.05) is 45.4 Å². The predicted octanol–water partition coefficient (Wildman–Crippen LogP) is 2.63. The first kappa shape index (κ1) is 46.6. The highest BCUT2D eigenvalue weighted by Gasteiger charge is 2.47. The molecule has 0 aromatic heterocycles. The van der Waals surface area contributed by atoms with Crippen molar-refractivity contribution in [1.82, 2.24) is 4.90 Å². The zero-order chi connectivity index (χ0) is 40.4. The number of allylic oxidation sites excluding steroid dienone is 3. The van der Waals surface area contributed by atoms with E-state index in [-0.39, 0.29) is 49.9 Å². The van der Waals surface area contributed by atoms with Gasteiger partial charge in [0.1, 0.15) is 30.5 Å². The van der Waals surface area contributed by atoms with E-state index in [1.165, 1.54) is 20.3 Å². The van der Waals surface area contributed by atoms with Gasteiger partial charge in [-0.2, -0.15) is 0 Å². The van der Waals surface area contributed by atoms with Gasteiger partial charge in [-0.25, -0.2) is 0 Å². The van der Waals surface area contributed by atoms with E-state index in [0.717, 1.165) is 5.57 Å². The number of hydrogen-bond donors (Lipinski definition) is 4. The van der Waals surface area contributed by atoms with Gasteiger partial charge in [0.2, 0.25) is 0 Å². The second-order valence-corrected chi connectivity index (χ2v) is 15.8. The smallest absolute Gasteiger partial charge is 0.308 e. The van der Waals surface area contributed by atoms with Crippen molar-refractivity contribution >= 4 is 11.8 Å². The van der Waals surface area contributed by atoms with Crippen LogP contribution in [0.4, 0.5) is 0 Å². The Morgan fingerprint density at radius 1 is 0.870 bits per heavy atom. The molecule has 0 saturated carbocycles. The van der Waals surface area contributed by atoms with Crippen LogP contribution in [0.15, 0.2) is 23.8 Å². The van der Waals surface area contributed by atoms with Crippen molar-refractivity contribution in [2.45, 2.75) is 148 Å². The predicted molar refractivity (Wildman–Crippen MR) is 200 cm³/mol. The molecule has 3 aliphatic heterocycles. The summed E-state index contributed by atoms with van der Waals surface area (Å²) in [7, 11) is 6.74. The van der Waals surface area contributed by atoms with Crippen LogP contribution in [-0.2, 0) is 42.7 Å². The van der Waals surface area contributed by atoms with Crippen molar-refractivity contribution in [2.24, 2.45) is 29.6 Å². The summed E-state index contributed by atoms with van der Waals surface area (Å²) >= 11 is 0. The van der Waals surface area contributed by atoms with Gasteiger partial charge in [-0.15, -0.1) is 0 Å². The molecule has 17 atom stereocenters. The van der Waals surface area contributed by atoms with Crippen LogP contribution in [0.1, 0.15) is 74.1 Å². The number of ketones is 1. The number of carbonyl (C=O) groups excluding carboxylic acids is 2. The fraction of sp³-hybridized carbons (Fsp3) is 0.850. The molecule has 0 radical (unpaired) electrons. The van der Waals surface area contributed by atoms with Gasteiger partial charge in [-0.3, -0.25) is 9.59 Å². The van der Waals surface area contributed by atoms with Crippen LogP contribution in [0, 0.1) is 29.6 Å². The van der Waals surface area contributed by atoms with Gasteiger partial charge in [0, 0.05) is 50.5 Å². The molecule has 0 amide bonds. The molecule has 3 heterocycles. The Balaban J connectivity index is 1.96. The maximum atomic E-state index is 13.6. The van der Waals surface area contributed by atoms with Crippen molar-refractivity contribution in [1.29, 1.82) is 0 Å². The van der Waals surface area contributed by atoms with Crippen molar-refractivity contribution in [3.05, 3.63) is 23.8 Å². The summed E-state index contributed by atoms with van der Waals surface area (Å²) < 4.78 is 42.2. The molecule has 0 aromatic rings. The maximum Gasteiger partial charge on any atom is 0.308 e. The number of ether oxygens (including phenoxy) is 7. The quantitative estimate of drug-likeness (QED) is 0.225. The third-order valence-corrected chi connectivity index (χ3v) is 11.7. The molecule has 14 nitrogen and oxygen atoms in total. The average Bonchev–Trinajstić information content (AvgIpc) is 3.12. The number of carbonyl (C=O) groups is 2. The SMILES string of the molecule is CC[C@H]1OC(=O)C[C@@H](O)[C@H](C)[C@@H](O[C@@H]2OC(C)[C@@H](C)C(N(C)C)C2O)[C@@H](CCO)C[C@@H](C)C(=O)/C=C/C(C)=C/[C@@H]1CO[C@@H]1OC(C)[C@@H](O)[C@H](OC)C1OC. The number of likely N-dealkylation sites (N-methyl/N-ethyl adjacent to an activating group) is 1. The van der Waals surface area contributed by atoms with Crippen LogP contribution in [0.3, 0.4) is 0 Å². The van der Waals surface area contributed by atoms with Crippen LogP contribution in [0.25, 0.3) is 0 Å². The van der Waals surface area contributed by atoms with Gasteiger partial charge in [0.05, 0.1) is 37.4 Å². The fourth-order valence-electron chi connectivity index (χ4n) is 8.17. The van der Waals surface area contributed by atoms with E-state index < -0.39 is 91.1 Å². The number of aliphatic hydroxyl groups is 4. The van der Waals surface area contributed by atoms with Gasteiger partial charge in [0.25, 0.3) is 0 Å². The summed E-state index contributed by atoms with van der Waals surface area (Å²) in [5.74, 6) is -2.85. The second-order valence-electron chi connectivity index (χ2n) is 15.8. The van der Waals surface area contributed by atoms with Crippen LogP contribution < -0.4 is 0 Å². The summed E-state index contributed by atoms with van der Waals surface area (Å²) in [6.45, 7) is 12.8. The fourth-order valence-corrected chi connectivity index (χ4v) is 8.17. The molecule has 5 unspecified atom stereocenters. The third-order valence-electron chi connectivity index (χ3n) is 11.7. The lowest BCUT2D eigenvalue weighted by Crippen LogP contribution is -2.60. The van der Waals surface area contributed by atoms with Crippen molar-refractivity contribution < 1.29 is 63.2 Å². The molecule has 0 spiro atoms. The number of esters is 1. The molecule has 0 aromatic carbocycles. The molecule has 4 N–H and O–H groups in total. The number of hydrogen-bond acceptors (Lipinski definition) is 14. The van der Waals surface area contributed by atoms with E-state index in [1.54, 1.807) is 19.9 Å². The summed E-state index contributed by atoms with van der Waals surface area (Å²) in [4.78, 5) is 29.1. The average molecular weight is 772 g/mol. The third kappa shape index (κ3) is 11.9. The Bertz CT molecular complexity index is 1230. The van der Waals surface area contributed by atoms with Crippen LogP contribution in [0.5, 0.6) is 0 Å². The highest BCUT2D eigenvalue weighted by molar-refractivity contribution is 5.91. The Morgan fingerprint density at radius 2 is 1.52 bits per heavy atom. The minimum atomic E-state index is -1.23. The standard InChI is InChI=1S/C40H69NO13/c1-12-31-28(20-50-40-38(49-11)37(48-10)34(46)26(7)52-40)17-21(2)13-14-29(43)22(3)18-27(15-16-42)36(24(5)30(44)19-32(45)53-31)54-39-35(47)33(41(8)9)23(4)25(6)51-39/h13-14,17,22-28,30-31,33-40,42,44,46-47H,12,15-16,18-20H2,1-11H3/b14-13+,21-17+/t22-,23-,24+,25?,26?,27+,28-,30-,31-,33?,34-,35?,36-,37+,38?,39+,40-/m1/s1. The van der Waals surface area contributed by atoms with Crippen molar-refractivity contribution in [2.75, 3.05) is 41.5 Å². The van der Waals surface area contributed by atoms with Gasteiger partial charge >= 0.3 is 5.97 Å². The van der Waals surface area contributed by atoms with Gasteiger partial charge < -0.3 is 58.5 Å². The number of rotatable bonds is 11. The number of cyclic esters (lactones) is 1. The zero-order valence-electron chi connectivity index (χ0n) is 34.2. The molecule has 2 fully saturated rings. The van der Waals surface area contributed by atoms with E-state index in [0.29, 0.717) is 12.8 Å². The molecule has 0 aliphatic carbocycles. The Labute approximate surface area is 322 Å². The highest BCUT2D eigenvalue weighted by atomic mass is 16.7. The van der Waals surface area contributed by atoms with E-state index in [1.807, 2.05) is 59.7 Å². The van der Waals surface area contributed by atoms with Crippen LogP contribution in [-0.4, -0.2) is 152 Å². The summed E-state index contributed by atoms with van der Waals surface area (Å²) in [5, 5.41) is 43.9. The topological polar surface area (TPSA) is 183 Å².